The lowest BCUT2D eigenvalue weighted by Crippen LogP contribution is -2.31. The fourth-order valence-electron chi connectivity index (χ4n) is 1.73. The molecule has 2 aromatic rings. The van der Waals surface area contributed by atoms with Gasteiger partial charge in [-0.2, -0.15) is 11.8 Å². The number of thioether (sulfide) groups is 1. The third-order valence-electron chi connectivity index (χ3n) is 2.94. The molecule has 20 heavy (non-hydrogen) atoms. The molecule has 5 nitrogen and oxygen atoms in total. The largest absolute Gasteiger partial charge is 0.468 e. The van der Waals surface area contributed by atoms with Crippen molar-refractivity contribution in [3.05, 3.63) is 42.9 Å². The third-order valence-corrected chi connectivity index (χ3v) is 4.01. The van der Waals surface area contributed by atoms with Crippen LogP contribution in [0.5, 0.6) is 0 Å². The molecule has 108 valence electrons. The molecular formula is C14H19N3O2S. The molecule has 1 amide bonds. The Morgan fingerprint density at radius 1 is 1.60 bits per heavy atom. The van der Waals surface area contributed by atoms with Gasteiger partial charge in [0.2, 0.25) is 5.91 Å². The van der Waals surface area contributed by atoms with Crippen LogP contribution < -0.4 is 5.32 Å². The second-order valence-corrected chi connectivity index (χ2v) is 5.57. The number of hydrogen-bond acceptors (Lipinski definition) is 4. The van der Waals surface area contributed by atoms with Crippen LogP contribution in [0.15, 0.2) is 41.5 Å². The molecule has 0 bridgehead atoms. The fraction of sp³-hybridized carbons (Fsp3) is 0.429. The molecule has 1 N–H and O–H groups in total. The normalized spacial score (nSPS) is 12.2. The SMILES string of the molecule is C[C@H](C(=O)NCCCSCc1ccco1)n1ccnc1. The number of rotatable bonds is 8. The van der Waals surface area contributed by atoms with E-state index in [-0.39, 0.29) is 11.9 Å². The van der Waals surface area contributed by atoms with Gasteiger partial charge in [0.25, 0.3) is 0 Å². The van der Waals surface area contributed by atoms with Gasteiger partial charge in [-0.1, -0.05) is 0 Å². The van der Waals surface area contributed by atoms with E-state index in [9.17, 15) is 4.79 Å². The van der Waals surface area contributed by atoms with Crippen LogP contribution in [0.3, 0.4) is 0 Å². The van der Waals surface area contributed by atoms with Crippen molar-refractivity contribution in [3.63, 3.8) is 0 Å². The van der Waals surface area contributed by atoms with Gasteiger partial charge in [-0.25, -0.2) is 4.98 Å². The molecule has 1 atom stereocenters. The van der Waals surface area contributed by atoms with Crippen LogP contribution in [0, 0.1) is 0 Å². The number of carbonyl (C=O) groups is 1. The standard InChI is InChI=1S/C14H19N3O2S/c1-12(17-7-6-15-11-17)14(18)16-5-3-9-20-10-13-4-2-8-19-13/h2,4,6-8,11-12H,3,5,9-10H2,1H3,(H,16,18)/t12-/m1/s1. The Morgan fingerprint density at radius 2 is 2.50 bits per heavy atom. The second kappa shape index (κ2) is 7.79. The summed E-state index contributed by atoms with van der Waals surface area (Å²) in [5.74, 6) is 2.90. The molecule has 0 unspecified atom stereocenters. The summed E-state index contributed by atoms with van der Waals surface area (Å²) in [7, 11) is 0. The molecule has 0 saturated heterocycles. The van der Waals surface area contributed by atoms with Gasteiger partial charge in [0.1, 0.15) is 11.8 Å². The van der Waals surface area contributed by atoms with E-state index >= 15 is 0 Å². The number of imidazole rings is 1. The molecule has 0 saturated carbocycles. The molecule has 0 radical (unpaired) electrons. The summed E-state index contributed by atoms with van der Waals surface area (Å²) in [6, 6.07) is 3.66. The summed E-state index contributed by atoms with van der Waals surface area (Å²) in [6.07, 6.45) is 7.77. The first-order chi connectivity index (χ1) is 9.77. The van der Waals surface area contributed by atoms with Crippen LogP contribution in [0.25, 0.3) is 0 Å². The van der Waals surface area contributed by atoms with E-state index < -0.39 is 0 Å². The summed E-state index contributed by atoms with van der Waals surface area (Å²) >= 11 is 1.81. The minimum absolute atomic E-state index is 0.0269. The Balaban J connectivity index is 1.55. The van der Waals surface area contributed by atoms with Crippen LogP contribution >= 0.6 is 11.8 Å². The van der Waals surface area contributed by atoms with E-state index in [0.717, 1.165) is 23.7 Å². The number of aromatic nitrogens is 2. The van der Waals surface area contributed by atoms with Crippen molar-refractivity contribution in [3.8, 4) is 0 Å². The first-order valence-corrected chi connectivity index (χ1v) is 7.78. The van der Waals surface area contributed by atoms with Gasteiger partial charge in [-0.15, -0.1) is 0 Å². The quantitative estimate of drug-likeness (QED) is 0.760. The second-order valence-electron chi connectivity index (χ2n) is 4.46. The molecule has 2 aromatic heterocycles. The minimum Gasteiger partial charge on any atom is -0.468 e. The smallest absolute Gasteiger partial charge is 0.242 e. The molecule has 0 fully saturated rings. The van der Waals surface area contributed by atoms with Crippen molar-refractivity contribution >= 4 is 17.7 Å². The monoisotopic (exact) mass is 293 g/mol. The molecule has 0 spiro atoms. The first kappa shape index (κ1) is 14.7. The summed E-state index contributed by atoms with van der Waals surface area (Å²) in [5, 5.41) is 2.94. The first-order valence-electron chi connectivity index (χ1n) is 6.62. The number of carbonyl (C=O) groups excluding carboxylic acids is 1. The number of nitrogens with one attached hydrogen (secondary N) is 1. The summed E-state index contributed by atoms with van der Waals surface area (Å²) in [6.45, 7) is 2.56. The average Bonchev–Trinajstić information content (AvgIpc) is 3.13. The van der Waals surface area contributed by atoms with E-state index in [0.29, 0.717) is 6.54 Å². The van der Waals surface area contributed by atoms with E-state index in [1.165, 1.54) is 0 Å². The van der Waals surface area contributed by atoms with Crippen LogP contribution in [0.2, 0.25) is 0 Å². The van der Waals surface area contributed by atoms with Gasteiger partial charge < -0.3 is 14.3 Å². The highest BCUT2D eigenvalue weighted by Gasteiger charge is 2.12. The number of amides is 1. The van der Waals surface area contributed by atoms with Crippen molar-refractivity contribution in [2.75, 3.05) is 12.3 Å². The predicted octanol–water partition coefficient (Wildman–Crippen LogP) is 2.48. The Kier molecular flexibility index (Phi) is 5.73. The minimum atomic E-state index is -0.215. The van der Waals surface area contributed by atoms with Crippen molar-refractivity contribution in [1.29, 1.82) is 0 Å². The van der Waals surface area contributed by atoms with Gasteiger partial charge in [-0.3, -0.25) is 4.79 Å². The Morgan fingerprint density at radius 3 is 3.20 bits per heavy atom. The van der Waals surface area contributed by atoms with Crippen LogP contribution in [0.1, 0.15) is 25.1 Å². The van der Waals surface area contributed by atoms with Crippen LogP contribution in [-0.2, 0) is 10.5 Å². The Labute approximate surface area is 122 Å². The van der Waals surface area contributed by atoms with Crippen molar-refractivity contribution in [1.82, 2.24) is 14.9 Å². The highest BCUT2D eigenvalue weighted by Crippen LogP contribution is 2.13. The highest BCUT2D eigenvalue weighted by atomic mass is 32.2. The molecule has 0 aliphatic heterocycles. The maximum absolute atomic E-state index is 11.9. The average molecular weight is 293 g/mol. The van der Waals surface area contributed by atoms with E-state index in [4.69, 9.17) is 4.42 Å². The zero-order valence-electron chi connectivity index (χ0n) is 11.5. The number of nitrogens with zero attached hydrogens (tertiary/aromatic N) is 2. The molecule has 2 heterocycles. The van der Waals surface area contributed by atoms with Crippen LogP contribution in [-0.4, -0.2) is 27.8 Å². The lowest BCUT2D eigenvalue weighted by Gasteiger charge is -2.13. The van der Waals surface area contributed by atoms with Gasteiger partial charge in [-0.05, 0) is 31.2 Å². The van der Waals surface area contributed by atoms with E-state index in [1.54, 1.807) is 29.6 Å². The zero-order valence-corrected chi connectivity index (χ0v) is 12.3. The highest BCUT2D eigenvalue weighted by molar-refractivity contribution is 7.98. The summed E-state index contributed by atoms with van der Waals surface area (Å²) in [5.41, 5.74) is 0. The molecule has 6 heteroatoms. The zero-order chi connectivity index (χ0) is 14.2. The lowest BCUT2D eigenvalue weighted by molar-refractivity contribution is -0.123. The molecule has 0 aliphatic rings. The number of hydrogen-bond donors (Lipinski definition) is 1. The fourth-order valence-corrected chi connectivity index (χ4v) is 2.59. The third kappa shape index (κ3) is 4.45. The molecule has 0 aliphatic carbocycles. The van der Waals surface area contributed by atoms with Crippen LogP contribution in [0.4, 0.5) is 0 Å². The summed E-state index contributed by atoms with van der Waals surface area (Å²) < 4.78 is 7.04. The van der Waals surface area contributed by atoms with Crippen molar-refractivity contribution < 1.29 is 9.21 Å². The molecule has 0 aromatic carbocycles. The Hall–Kier alpha value is -1.69. The van der Waals surface area contributed by atoms with Crippen molar-refractivity contribution in [2.45, 2.75) is 25.1 Å². The molecule has 2 rings (SSSR count). The maximum atomic E-state index is 11.9. The van der Waals surface area contributed by atoms with E-state index in [1.807, 2.05) is 30.8 Å². The topological polar surface area (TPSA) is 60.1 Å². The van der Waals surface area contributed by atoms with Gasteiger partial charge >= 0.3 is 0 Å². The predicted molar refractivity (Wildman–Crippen MR) is 79.4 cm³/mol. The number of furan rings is 1. The maximum Gasteiger partial charge on any atom is 0.242 e. The Bertz CT molecular complexity index is 496. The lowest BCUT2D eigenvalue weighted by atomic mass is 10.3. The van der Waals surface area contributed by atoms with Crippen molar-refractivity contribution in [2.24, 2.45) is 0 Å². The van der Waals surface area contributed by atoms with Gasteiger partial charge in [0, 0.05) is 18.9 Å². The van der Waals surface area contributed by atoms with E-state index in [2.05, 4.69) is 10.3 Å². The molecular weight excluding hydrogens is 274 g/mol. The summed E-state index contributed by atoms with van der Waals surface area (Å²) in [4.78, 5) is 15.8. The van der Waals surface area contributed by atoms with Gasteiger partial charge in [0.15, 0.2) is 0 Å². The van der Waals surface area contributed by atoms with Gasteiger partial charge in [0.05, 0.1) is 18.3 Å².